The second-order valence-electron chi connectivity index (χ2n) is 7.56. The summed E-state index contributed by atoms with van der Waals surface area (Å²) in [5, 5.41) is 0. The van der Waals surface area contributed by atoms with Crippen LogP contribution in [0.5, 0.6) is 0 Å². The minimum atomic E-state index is -0.812. The van der Waals surface area contributed by atoms with Gasteiger partial charge in [-0.05, 0) is 46.0 Å². The lowest BCUT2D eigenvalue weighted by Crippen LogP contribution is -2.41. The topological polar surface area (TPSA) is 78.6 Å². The zero-order valence-electron chi connectivity index (χ0n) is 15.4. The van der Waals surface area contributed by atoms with Crippen LogP contribution in [0, 0.1) is 11.8 Å². The van der Waals surface area contributed by atoms with E-state index in [4.69, 9.17) is 15.2 Å². The van der Waals surface area contributed by atoms with Gasteiger partial charge in [0.05, 0.1) is 0 Å². The predicted molar refractivity (Wildman–Crippen MR) is 87.2 cm³/mol. The largest absolute Gasteiger partial charge is 0.459 e. The molecular weight excluding hydrogens is 282 g/mol. The number of hydrogen-bond acceptors (Lipinski definition) is 5. The average molecular weight is 315 g/mol. The van der Waals surface area contributed by atoms with Crippen LogP contribution in [0.4, 0.5) is 0 Å². The fourth-order valence-electron chi connectivity index (χ4n) is 1.31. The average Bonchev–Trinajstić information content (AvgIpc) is 2.34. The van der Waals surface area contributed by atoms with Crippen molar-refractivity contribution in [2.45, 2.75) is 85.5 Å². The number of carbonyl (C=O) groups excluding carboxylic acids is 2. The molecule has 0 saturated heterocycles. The molecule has 0 saturated carbocycles. The number of nitrogens with two attached hydrogens (primary N) is 1. The molecule has 5 heteroatoms. The van der Waals surface area contributed by atoms with E-state index in [0.29, 0.717) is 0 Å². The molecule has 22 heavy (non-hydrogen) atoms. The van der Waals surface area contributed by atoms with Crippen LogP contribution < -0.4 is 5.73 Å². The quantitative estimate of drug-likeness (QED) is 0.696. The van der Waals surface area contributed by atoms with Gasteiger partial charge in [0.15, 0.2) is 0 Å². The molecule has 0 aliphatic heterocycles. The van der Waals surface area contributed by atoms with Gasteiger partial charge in [-0.25, -0.2) is 0 Å². The molecule has 0 aromatic rings. The van der Waals surface area contributed by atoms with E-state index in [9.17, 15) is 9.59 Å². The van der Waals surface area contributed by atoms with Crippen molar-refractivity contribution in [3.8, 4) is 0 Å². The highest BCUT2D eigenvalue weighted by Gasteiger charge is 2.30. The third kappa shape index (κ3) is 6.77. The van der Waals surface area contributed by atoms with Crippen LogP contribution in [0.25, 0.3) is 0 Å². The molecular formula is C17H33NO4. The maximum Gasteiger partial charge on any atom is 0.323 e. The van der Waals surface area contributed by atoms with Gasteiger partial charge in [0.2, 0.25) is 0 Å². The molecule has 0 aliphatic carbocycles. The SMILES string of the molecule is CC(C)C(C)(C)OC(=O)CC[C@H](N)C(=O)OC(C)(C)C(C)C. The number of ether oxygens (including phenoxy) is 2. The van der Waals surface area contributed by atoms with Gasteiger partial charge in [-0.3, -0.25) is 9.59 Å². The molecule has 0 bridgehead atoms. The van der Waals surface area contributed by atoms with E-state index >= 15 is 0 Å². The van der Waals surface area contributed by atoms with Crippen molar-refractivity contribution in [2.75, 3.05) is 0 Å². The molecule has 0 radical (unpaired) electrons. The summed E-state index contributed by atoms with van der Waals surface area (Å²) in [4.78, 5) is 23.8. The molecule has 5 nitrogen and oxygen atoms in total. The Bertz CT molecular complexity index is 386. The van der Waals surface area contributed by atoms with Gasteiger partial charge in [0, 0.05) is 6.42 Å². The van der Waals surface area contributed by atoms with Crippen LogP contribution in [0.1, 0.15) is 68.2 Å². The molecule has 0 aromatic carbocycles. The molecule has 1 atom stereocenters. The Morgan fingerprint density at radius 3 is 1.73 bits per heavy atom. The first kappa shape index (κ1) is 20.9. The fraction of sp³-hybridized carbons (Fsp3) is 0.882. The maximum absolute atomic E-state index is 12.0. The normalized spacial score (nSPS) is 14.1. The first-order valence-electron chi connectivity index (χ1n) is 8.00. The summed E-state index contributed by atoms with van der Waals surface area (Å²) in [6, 6.07) is -0.812. The number of esters is 2. The minimum Gasteiger partial charge on any atom is -0.459 e. The molecule has 0 fully saturated rings. The lowest BCUT2D eigenvalue weighted by Gasteiger charge is -2.31. The summed E-state index contributed by atoms with van der Waals surface area (Å²) in [5.74, 6) is -0.429. The third-order valence-electron chi connectivity index (χ3n) is 4.48. The van der Waals surface area contributed by atoms with Gasteiger partial charge in [-0.15, -0.1) is 0 Å². The van der Waals surface area contributed by atoms with Gasteiger partial charge in [0.25, 0.3) is 0 Å². The second kappa shape index (κ2) is 7.95. The summed E-state index contributed by atoms with van der Waals surface area (Å²) in [6.07, 6.45) is 0.328. The van der Waals surface area contributed by atoms with Crippen molar-refractivity contribution < 1.29 is 19.1 Å². The van der Waals surface area contributed by atoms with Crippen LogP contribution in [-0.2, 0) is 19.1 Å². The monoisotopic (exact) mass is 315 g/mol. The van der Waals surface area contributed by atoms with Crippen LogP contribution in [0.2, 0.25) is 0 Å². The minimum absolute atomic E-state index is 0.106. The van der Waals surface area contributed by atoms with Gasteiger partial charge in [0.1, 0.15) is 17.2 Å². The standard InChI is InChI=1S/C17H33NO4/c1-11(2)16(5,6)21-14(19)10-9-13(18)15(20)22-17(7,8)12(3)4/h11-13H,9-10,18H2,1-8H3/t13-/m0/s1. The summed E-state index contributed by atoms with van der Waals surface area (Å²) in [7, 11) is 0. The van der Waals surface area contributed by atoms with Crippen molar-refractivity contribution in [1.29, 1.82) is 0 Å². The fourth-order valence-corrected chi connectivity index (χ4v) is 1.31. The molecule has 0 aliphatic rings. The Morgan fingerprint density at radius 1 is 0.909 bits per heavy atom. The predicted octanol–water partition coefficient (Wildman–Crippen LogP) is 3.05. The second-order valence-corrected chi connectivity index (χ2v) is 7.56. The molecule has 0 unspecified atom stereocenters. The van der Waals surface area contributed by atoms with E-state index < -0.39 is 23.2 Å². The molecule has 0 amide bonds. The number of carbonyl (C=O) groups is 2. The molecule has 130 valence electrons. The zero-order valence-corrected chi connectivity index (χ0v) is 15.4. The van der Waals surface area contributed by atoms with Crippen molar-refractivity contribution in [2.24, 2.45) is 17.6 Å². The van der Waals surface area contributed by atoms with Gasteiger partial charge in [-0.2, -0.15) is 0 Å². The van der Waals surface area contributed by atoms with Crippen LogP contribution >= 0.6 is 0 Å². The first-order chi connectivity index (χ1) is 9.79. The van der Waals surface area contributed by atoms with E-state index in [1.165, 1.54) is 0 Å². The van der Waals surface area contributed by atoms with E-state index in [2.05, 4.69) is 0 Å². The maximum atomic E-state index is 12.0. The Hall–Kier alpha value is -1.10. The highest BCUT2D eigenvalue weighted by molar-refractivity contribution is 5.77. The van der Waals surface area contributed by atoms with Gasteiger partial charge >= 0.3 is 11.9 Å². The van der Waals surface area contributed by atoms with E-state index in [1.807, 2.05) is 55.4 Å². The lowest BCUT2D eigenvalue weighted by molar-refractivity contribution is -0.163. The Morgan fingerprint density at radius 2 is 1.32 bits per heavy atom. The van der Waals surface area contributed by atoms with Crippen molar-refractivity contribution in [1.82, 2.24) is 0 Å². The molecule has 0 spiro atoms. The molecule has 0 aromatic heterocycles. The van der Waals surface area contributed by atoms with E-state index in [1.54, 1.807) is 0 Å². The van der Waals surface area contributed by atoms with E-state index in [-0.39, 0.29) is 30.6 Å². The van der Waals surface area contributed by atoms with Crippen LogP contribution in [-0.4, -0.2) is 29.2 Å². The van der Waals surface area contributed by atoms with Crippen molar-refractivity contribution in [3.63, 3.8) is 0 Å². The summed E-state index contributed by atoms with van der Waals surface area (Å²) >= 11 is 0. The highest BCUT2D eigenvalue weighted by atomic mass is 16.6. The smallest absolute Gasteiger partial charge is 0.323 e. The van der Waals surface area contributed by atoms with Gasteiger partial charge in [-0.1, -0.05) is 27.7 Å². The van der Waals surface area contributed by atoms with Crippen molar-refractivity contribution >= 4 is 11.9 Å². The lowest BCUT2D eigenvalue weighted by atomic mass is 9.94. The molecule has 0 heterocycles. The number of hydrogen-bond donors (Lipinski definition) is 1. The third-order valence-corrected chi connectivity index (χ3v) is 4.48. The van der Waals surface area contributed by atoms with Crippen molar-refractivity contribution in [3.05, 3.63) is 0 Å². The molecule has 0 rings (SSSR count). The Balaban J connectivity index is 4.37. The van der Waals surface area contributed by atoms with Crippen LogP contribution in [0.3, 0.4) is 0 Å². The van der Waals surface area contributed by atoms with E-state index in [0.717, 1.165) is 0 Å². The Kier molecular flexibility index (Phi) is 7.55. The van der Waals surface area contributed by atoms with Gasteiger partial charge < -0.3 is 15.2 Å². The zero-order chi connectivity index (χ0) is 17.7. The highest BCUT2D eigenvalue weighted by Crippen LogP contribution is 2.23. The summed E-state index contributed by atoms with van der Waals surface area (Å²) in [5.41, 5.74) is 4.71. The first-order valence-corrected chi connectivity index (χ1v) is 8.00. The van der Waals surface area contributed by atoms with Crippen LogP contribution in [0.15, 0.2) is 0 Å². The summed E-state index contributed by atoms with van der Waals surface area (Å²) in [6.45, 7) is 15.4. The number of rotatable bonds is 8. The Labute approximate surface area is 134 Å². The molecule has 2 N–H and O–H groups in total. The summed E-state index contributed by atoms with van der Waals surface area (Å²) < 4.78 is 10.8.